The first-order valence-electron chi connectivity index (χ1n) is 4.58. The summed E-state index contributed by atoms with van der Waals surface area (Å²) in [5.74, 6) is -0.0323. The lowest BCUT2D eigenvalue weighted by Gasteiger charge is -2.21. The van der Waals surface area contributed by atoms with Crippen molar-refractivity contribution in [2.24, 2.45) is 5.92 Å². The number of hydrogen-bond donors (Lipinski definition) is 0. The number of rotatable bonds is 1. The lowest BCUT2D eigenvalue weighted by atomic mass is 10.0. The van der Waals surface area contributed by atoms with Gasteiger partial charge in [-0.05, 0) is 12.1 Å². The van der Waals surface area contributed by atoms with Crippen molar-refractivity contribution in [1.29, 1.82) is 10.5 Å². The van der Waals surface area contributed by atoms with E-state index in [1.165, 1.54) is 0 Å². The lowest BCUT2D eigenvalue weighted by molar-refractivity contribution is 0.225. The van der Waals surface area contributed by atoms with Crippen LogP contribution in [0.1, 0.15) is 5.56 Å². The number of benzene rings is 1. The molecule has 2 rings (SSSR count). The normalized spacial score (nSPS) is 17.4. The number of ether oxygens (including phenoxy) is 1. The molecule has 0 saturated heterocycles. The van der Waals surface area contributed by atoms with Crippen LogP contribution in [0.3, 0.4) is 0 Å². The maximum atomic E-state index is 8.74. The summed E-state index contributed by atoms with van der Waals surface area (Å²) in [6, 6.07) is 11.4. The molecule has 0 saturated carbocycles. The summed E-state index contributed by atoms with van der Waals surface area (Å²) in [4.78, 5) is 0. The molecule has 1 aliphatic rings. The van der Waals surface area contributed by atoms with Gasteiger partial charge in [0, 0.05) is 5.56 Å². The van der Waals surface area contributed by atoms with Gasteiger partial charge in [0.1, 0.15) is 11.9 Å². The van der Waals surface area contributed by atoms with Crippen LogP contribution in [0.4, 0.5) is 0 Å². The summed E-state index contributed by atoms with van der Waals surface area (Å²) in [6.07, 6.45) is 3.17. The Hall–Kier alpha value is -2.26. The summed E-state index contributed by atoms with van der Waals surface area (Å²) in [6.45, 7) is 0. The van der Waals surface area contributed by atoms with E-state index in [1.54, 1.807) is 6.08 Å². The third-order valence-electron chi connectivity index (χ3n) is 2.25. The molecule has 3 nitrogen and oxygen atoms in total. The summed E-state index contributed by atoms with van der Waals surface area (Å²) in [7, 11) is 0. The quantitative estimate of drug-likeness (QED) is 0.691. The van der Waals surface area contributed by atoms with E-state index in [2.05, 4.69) is 0 Å². The van der Waals surface area contributed by atoms with Crippen molar-refractivity contribution in [3.63, 3.8) is 0 Å². The van der Waals surface area contributed by atoms with E-state index >= 15 is 0 Å². The summed E-state index contributed by atoms with van der Waals surface area (Å²) < 4.78 is 5.54. The fourth-order valence-corrected chi connectivity index (χ4v) is 1.46. The average Bonchev–Trinajstić information content (AvgIpc) is 2.30. The molecule has 0 radical (unpaired) electrons. The Morgan fingerprint density at radius 1 is 1.20 bits per heavy atom. The number of nitrogens with zero attached hydrogens (tertiary/aromatic N) is 2. The van der Waals surface area contributed by atoms with Crippen molar-refractivity contribution in [3.8, 4) is 17.9 Å². The molecule has 0 amide bonds. The zero-order valence-corrected chi connectivity index (χ0v) is 7.92. The van der Waals surface area contributed by atoms with Gasteiger partial charge < -0.3 is 4.74 Å². The summed E-state index contributed by atoms with van der Waals surface area (Å²) in [5, 5.41) is 17.5. The molecule has 0 bridgehead atoms. The fourth-order valence-electron chi connectivity index (χ4n) is 1.46. The second-order valence-electron chi connectivity index (χ2n) is 3.22. The van der Waals surface area contributed by atoms with Crippen LogP contribution in [0.2, 0.25) is 0 Å². The number of fused-ring (bicyclic) bond motifs is 1. The molecule has 1 aliphatic heterocycles. The Balaban J connectivity index is 2.28. The third-order valence-corrected chi connectivity index (χ3v) is 2.25. The second-order valence-corrected chi connectivity index (χ2v) is 3.22. The van der Waals surface area contributed by atoms with Crippen molar-refractivity contribution < 1.29 is 4.74 Å². The zero-order chi connectivity index (χ0) is 10.7. The van der Waals surface area contributed by atoms with Crippen LogP contribution in [-0.2, 0) is 0 Å². The highest BCUT2D eigenvalue weighted by Gasteiger charge is 2.23. The van der Waals surface area contributed by atoms with E-state index in [0.29, 0.717) is 0 Å². The monoisotopic (exact) mass is 196 g/mol. The minimum absolute atomic E-state index is 0.463. The Bertz CT molecular complexity index is 465. The van der Waals surface area contributed by atoms with E-state index in [4.69, 9.17) is 15.3 Å². The maximum Gasteiger partial charge on any atom is 0.173 e. The molecule has 0 aromatic heterocycles. The molecule has 0 spiro atoms. The molecule has 1 aromatic rings. The van der Waals surface area contributed by atoms with Crippen molar-refractivity contribution in [2.75, 3.05) is 0 Å². The standard InChI is InChI=1S/C12H8N2O/c13-7-10(8-14)12-6-5-9-3-1-2-4-11(9)15-12/h1-6,10,12H. The SMILES string of the molecule is N#CC(C#N)C1C=Cc2ccccc2O1. The first-order chi connectivity index (χ1) is 7.35. The van der Waals surface area contributed by atoms with Crippen LogP contribution >= 0.6 is 0 Å². The van der Waals surface area contributed by atoms with Gasteiger partial charge in [-0.2, -0.15) is 10.5 Å². The number of nitriles is 2. The molecule has 1 unspecified atom stereocenters. The van der Waals surface area contributed by atoms with Gasteiger partial charge in [-0.15, -0.1) is 0 Å². The van der Waals surface area contributed by atoms with Crippen molar-refractivity contribution in [2.45, 2.75) is 6.10 Å². The van der Waals surface area contributed by atoms with Crippen LogP contribution in [-0.4, -0.2) is 6.10 Å². The highest BCUT2D eigenvalue weighted by atomic mass is 16.5. The zero-order valence-electron chi connectivity index (χ0n) is 7.92. The third kappa shape index (κ3) is 1.68. The first kappa shape index (κ1) is 9.30. The van der Waals surface area contributed by atoms with Gasteiger partial charge in [0.05, 0.1) is 12.1 Å². The van der Waals surface area contributed by atoms with Crippen LogP contribution < -0.4 is 4.74 Å². The van der Waals surface area contributed by atoms with Gasteiger partial charge in [-0.3, -0.25) is 0 Å². The molecule has 3 heteroatoms. The Labute approximate surface area is 87.8 Å². The molecule has 1 atom stereocenters. The minimum Gasteiger partial charge on any atom is -0.483 e. The first-order valence-corrected chi connectivity index (χ1v) is 4.58. The van der Waals surface area contributed by atoms with Gasteiger partial charge in [0.25, 0.3) is 0 Å². The maximum absolute atomic E-state index is 8.74. The Morgan fingerprint density at radius 3 is 2.67 bits per heavy atom. The average molecular weight is 196 g/mol. The van der Waals surface area contributed by atoms with E-state index in [1.807, 2.05) is 42.5 Å². The molecule has 1 aromatic carbocycles. The Kier molecular flexibility index (Phi) is 2.39. The van der Waals surface area contributed by atoms with Gasteiger partial charge in [-0.1, -0.05) is 24.3 Å². The molecule has 15 heavy (non-hydrogen) atoms. The van der Waals surface area contributed by atoms with Crippen molar-refractivity contribution in [1.82, 2.24) is 0 Å². The van der Waals surface area contributed by atoms with Crippen molar-refractivity contribution in [3.05, 3.63) is 35.9 Å². The molecule has 72 valence electrons. The number of para-hydroxylation sites is 1. The lowest BCUT2D eigenvalue weighted by Crippen LogP contribution is -2.24. The van der Waals surface area contributed by atoms with Gasteiger partial charge >= 0.3 is 0 Å². The van der Waals surface area contributed by atoms with Crippen LogP contribution in [0.5, 0.6) is 5.75 Å². The largest absolute Gasteiger partial charge is 0.483 e. The van der Waals surface area contributed by atoms with E-state index < -0.39 is 12.0 Å². The molecule has 0 fully saturated rings. The topological polar surface area (TPSA) is 56.8 Å². The van der Waals surface area contributed by atoms with Crippen LogP contribution in [0.25, 0.3) is 6.08 Å². The highest BCUT2D eigenvalue weighted by molar-refractivity contribution is 5.60. The van der Waals surface area contributed by atoms with Crippen LogP contribution in [0, 0.1) is 28.6 Å². The smallest absolute Gasteiger partial charge is 0.173 e. The fraction of sp³-hybridized carbons (Fsp3) is 0.167. The van der Waals surface area contributed by atoms with Crippen LogP contribution in [0.15, 0.2) is 30.3 Å². The summed E-state index contributed by atoms with van der Waals surface area (Å²) >= 11 is 0. The minimum atomic E-state index is -0.755. The van der Waals surface area contributed by atoms with Crippen molar-refractivity contribution >= 4 is 6.08 Å². The van der Waals surface area contributed by atoms with E-state index in [0.717, 1.165) is 11.3 Å². The summed E-state index contributed by atoms with van der Waals surface area (Å²) in [5.41, 5.74) is 0.975. The number of hydrogen-bond acceptors (Lipinski definition) is 3. The molecule has 1 heterocycles. The van der Waals surface area contributed by atoms with E-state index in [-0.39, 0.29) is 0 Å². The Morgan fingerprint density at radius 2 is 1.93 bits per heavy atom. The molecule has 0 N–H and O–H groups in total. The molecular weight excluding hydrogens is 188 g/mol. The second kappa shape index (κ2) is 3.86. The highest BCUT2D eigenvalue weighted by Crippen LogP contribution is 2.27. The van der Waals surface area contributed by atoms with Gasteiger partial charge in [-0.25, -0.2) is 0 Å². The molecule has 0 aliphatic carbocycles. The predicted octanol–water partition coefficient (Wildman–Crippen LogP) is 2.12. The van der Waals surface area contributed by atoms with Gasteiger partial charge in [0.2, 0.25) is 0 Å². The predicted molar refractivity (Wildman–Crippen MR) is 54.6 cm³/mol. The van der Waals surface area contributed by atoms with Gasteiger partial charge in [0.15, 0.2) is 5.92 Å². The van der Waals surface area contributed by atoms with E-state index in [9.17, 15) is 0 Å². The molecular formula is C12H8N2O.